The number of rotatable bonds is 6. The van der Waals surface area contributed by atoms with Gasteiger partial charge in [0.05, 0.1) is 0 Å². The Balaban J connectivity index is 1.72. The van der Waals surface area contributed by atoms with E-state index < -0.39 is 0 Å². The Kier molecular flexibility index (Phi) is 5.26. The average Bonchev–Trinajstić information content (AvgIpc) is 3.06. The van der Waals surface area contributed by atoms with E-state index in [1.807, 2.05) is 35.9 Å². The molecule has 2 aromatic heterocycles. The molecule has 1 atom stereocenters. The van der Waals surface area contributed by atoms with Gasteiger partial charge in [0.1, 0.15) is 17.8 Å². The van der Waals surface area contributed by atoms with Gasteiger partial charge in [-0.05, 0) is 35.7 Å². The van der Waals surface area contributed by atoms with E-state index >= 15 is 0 Å². The molecule has 0 aliphatic heterocycles. The highest BCUT2D eigenvalue weighted by molar-refractivity contribution is 6.03. The number of nitrogens with zero attached hydrogens (tertiary/aromatic N) is 4. The Morgan fingerprint density at radius 1 is 1.23 bits per heavy atom. The van der Waals surface area contributed by atoms with Gasteiger partial charge in [-0.3, -0.25) is 9.78 Å². The summed E-state index contributed by atoms with van der Waals surface area (Å²) in [6.45, 7) is 2.13. The van der Waals surface area contributed by atoms with Crippen molar-refractivity contribution in [1.29, 1.82) is 0 Å². The monoisotopic (exact) mass is 350 g/mol. The number of pyridine rings is 1. The van der Waals surface area contributed by atoms with E-state index in [0.717, 1.165) is 29.2 Å². The maximum Gasteiger partial charge on any atom is 0.274 e. The minimum atomic E-state index is -0.236. The van der Waals surface area contributed by atoms with Crippen LogP contribution in [0.5, 0.6) is 0 Å². The number of carbonyl (C=O) groups is 1. The molecule has 0 radical (unpaired) electrons. The van der Waals surface area contributed by atoms with E-state index in [0.29, 0.717) is 5.69 Å². The van der Waals surface area contributed by atoms with Crippen LogP contribution in [0.4, 0.5) is 11.4 Å². The fourth-order valence-electron chi connectivity index (χ4n) is 2.71. The van der Waals surface area contributed by atoms with Crippen molar-refractivity contribution in [2.24, 2.45) is 7.05 Å². The summed E-state index contributed by atoms with van der Waals surface area (Å²) in [5, 5.41) is 14.0. The first-order valence-corrected chi connectivity index (χ1v) is 8.45. The van der Waals surface area contributed by atoms with Crippen molar-refractivity contribution in [2.75, 3.05) is 17.7 Å². The molecule has 26 heavy (non-hydrogen) atoms. The smallest absolute Gasteiger partial charge is 0.274 e. The van der Waals surface area contributed by atoms with Crippen LogP contribution >= 0.6 is 0 Å². The minimum Gasteiger partial charge on any atom is -0.388 e. The number of carbonyl (C=O) groups excluding carboxylic acids is 1. The van der Waals surface area contributed by atoms with E-state index in [4.69, 9.17) is 0 Å². The van der Waals surface area contributed by atoms with Crippen LogP contribution in [-0.4, -0.2) is 32.7 Å². The van der Waals surface area contributed by atoms with Crippen molar-refractivity contribution in [3.05, 3.63) is 66.0 Å². The SMILES string of the molecule is CNc1ccnc(C(=O)Nc2cccc([C@H](C)Cc3nncn3C)c2)c1. The summed E-state index contributed by atoms with van der Waals surface area (Å²) in [5.41, 5.74) is 3.09. The number of benzene rings is 1. The summed E-state index contributed by atoms with van der Waals surface area (Å²) in [4.78, 5) is 16.6. The minimum absolute atomic E-state index is 0.236. The lowest BCUT2D eigenvalue weighted by atomic mass is 9.97. The zero-order chi connectivity index (χ0) is 18.5. The maximum absolute atomic E-state index is 12.4. The largest absolute Gasteiger partial charge is 0.388 e. The number of nitrogens with one attached hydrogen (secondary N) is 2. The molecule has 0 aliphatic rings. The molecule has 0 aliphatic carbocycles. The van der Waals surface area contributed by atoms with Crippen molar-refractivity contribution >= 4 is 17.3 Å². The van der Waals surface area contributed by atoms with E-state index in [2.05, 4.69) is 38.8 Å². The fourth-order valence-corrected chi connectivity index (χ4v) is 2.71. The predicted molar refractivity (Wildman–Crippen MR) is 101 cm³/mol. The van der Waals surface area contributed by atoms with E-state index in [-0.39, 0.29) is 11.8 Å². The molecule has 134 valence electrons. The van der Waals surface area contributed by atoms with Crippen LogP contribution in [-0.2, 0) is 13.5 Å². The first-order chi connectivity index (χ1) is 12.6. The van der Waals surface area contributed by atoms with E-state index in [9.17, 15) is 4.79 Å². The normalized spacial score (nSPS) is 11.8. The Bertz CT molecular complexity index is 904. The summed E-state index contributed by atoms with van der Waals surface area (Å²) >= 11 is 0. The molecular formula is C19H22N6O. The maximum atomic E-state index is 12.4. The van der Waals surface area contributed by atoms with Gasteiger partial charge >= 0.3 is 0 Å². The standard InChI is InChI=1S/C19H22N6O/c1-13(9-18-24-22-12-25(18)3)14-5-4-6-16(10-14)23-19(26)17-11-15(20-2)7-8-21-17/h4-8,10-13H,9H2,1-3H3,(H,20,21)(H,23,26)/t13-/m1/s1. The Labute approximate surface area is 152 Å². The number of amides is 1. The van der Waals surface area contributed by atoms with Gasteiger partial charge in [-0.25, -0.2) is 0 Å². The predicted octanol–water partition coefficient (Wildman–Crippen LogP) is 2.85. The fraction of sp³-hybridized carbons (Fsp3) is 0.263. The summed E-state index contributed by atoms with van der Waals surface area (Å²) < 4.78 is 1.92. The third-order valence-corrected chi connectivity index (χ3v) is 4.29. The number of anilines is 2. The third-order valence-electron chi connectivity index (χ3n) is 4.29. The van der Waals surface area contributed by atoms with Crippen LogP contribution in [0.1, 0.15) is 34.7 Å². The lowest BCUT2D eigenvalue weighted by molar-refractivity contribution is 0.102. The molecule has 1 amide bonds. The highest BCUT2D eigenvalue weighted by Crippen LogP contribution is 2.22. The molecule has 0 saturated heterocycles. The van der Waals surface area contributed by atoms with Crippen molar-refractivity contribution in [3.63, 3.8) is 0 Å². The van der Waals surface area contributed by atoms with Crippen LogP contribution in [0.15, 0.2) is 48.9 Å². The number of aryl methyl sites for hydroxylation is 1. The molecule has 3 aromatic rings. The molecular weight excluding hydrogens is 328 g/mol. The van der Waals surface area contributed by atoms with Crippen LogP contribution < -0.4 is 10.6 Å². The van der Waals surface area contributed by atoms with Crippen molar-refractivity contribution in [2.45, 2.75) is 19.3 Å². The summed E-state index contributed by atoms with van der Waals surface area (Å²) in [6.07, 6.45) is 4.09. The number of aromatic nitrogens is 4. The lowest BCUT2D eigenvalue weighted by Crippen LogP contribution is -2.14. The van der Waals surface area contributed by atoms with E-state index in [1.54, 1.807) is 25.6 Å². The van der Waals surface area contributed by atoms with Crippen molar-refractivity contribution < 1.29 is 4.79 Å². The van der Waals surface area contributed by atoms with Crippen LogP contribution in [0.3, 0.4) is 0 Å². The Hall–Kier alpha value is -3.22. The van der Waals surface area contributed by atoms with Gasteiger partial charge in [-0.1, -0.05) is 19.1 Å². The molecule has 1 aromatic carbocycles. The molecule has 3 rings (SSSR count). The molecule has 0 bridgehead atoms. The van der Waals surface area contributed by atoms with Gasteiger partial charge in [0, 0.05) is 38.1 Å². The van der Waals surface area contributed by atoms with Gasteiger partial charge in [0.2, 0.25) is 0 Å². The van der Waals surface area contributed by atoms with Gasteiger partial charge in [-0.15, -0.1) is 10.2 Å². The Morgan fingerprint density at radius 3 is 2.81 bits per heavy atom. The lowest BCUT2D eigenvalue weighted by Gasteiger charge is -2.13. The molecule has 2 heterocycles. The molecule has 2 N–H and O–H groups in total. The highest BCUT2D eigenvalue weighted by atomic mass is 16.1. The second-order valence-corrected chi connectivity index (χ2v) is 6.22. The van der Waals surface area contributed by atoms with Crippen LogP contribution in [0.25, 0.3) is 0 Å². The third kappa shape index (κ3) is 4.05. The molecule has 0 fully saturated rings. The Morgan fingerprint density at radius 2 is 2.08 bits per heavy atom. The number of hydrogen-bond donors (Lipinski definition) is 2. The summed E-state index contributed by atoms with van der Waals surface area (Å²) in [6, 6.07) is 11.4. The summed E-state index contributed by atoms with van der Waals surface area (Å²) in [7, 11) is 3.74. The zero-order valence-corrected chi connectivity index (χ0v) is 15.1. The quantitative estimate of drug-likeness (QED) is 0.714. The first-order valence-electron chi connectivity index (χ1n) is 8.45. The molecule has 0 unspecified atom stereocenters. The van der Waals surface area contributed by atoms with Gasteiger partial charge in [-0.2, -0.15) is 0 Å². The van der Waals surface area contributed by atoms with Gasteiger partial charge in [0.25, 0.3) is 5.91 Å². The second kappa shape index (κ2) is 7.77. The average molecular weight is 350 g/mol. The summed E-state index contributed by atoms with van der Waals surface area (Å²) in [5.74, 6) is 0.945. The van der Waals surface area contributed by atoms with Crippen LogP contribution in [0.2, 0.25) is 0 Å². The first kappa shape index (κ1) is 17.6. The number of hydrogen-bond acceptors (Lipinski definition) is 5. The highest BCUT2D eigenvalue weighted by Gasteiger charge is 2.13. The molecule has 0 spiro atoms. The topological polar surface area (TPSA) is 84.7 Å². The molecule has 7 heteroatoms. The van der Waals surface area contributed by atoms with Crippen molar-refractivity contribution in [1.82, 2.24) is 19.7 Å². The van der Waals surface area contributed by atoms with Gasteiger partial charge < -0.3 is 15.2 Å². The zero-order valence-electron chi connectivity index (χ0n) is 15.1. The van der Waals surface area contributed by atoms with Crippen molar-refractivity contribution in [3.8, 4) is 0 Å². The second-order valence-electron chi connectivity index (χ2n) is 6.22. The van der Waals surface area contributed by atoms with Gasteiger partial charge in [0.15, 0.2) is 0 Å². The van der Waals surface area contributed by atoms with Crippen LogP contribution in [0, 0.1) is 0 Å². The van der Waals surface area contributed by atoms with E-state index in [1.165, 1.54) is 0 Å². The molecule has 7 nitrogen and oxygen atoms in total. The molecule has 0 saturated carbocycles.